The average molecular weight is 85.1 g/mol. The van der Waals surface area contributed by atoms with Gasteiger partial charge in [-0.05, 0) is 0 Å². The van der Waals surface area contributed by atoms with Gasteiger partial charge in [-0.2, -0.15) is 5.53 Å². The predicted molar refractivity (Wildman–Crippen MR) is 23.4 cm³/mol. The zero-order valence-electron chi connectivity index (χ0n) is 3.36. The van der Waals surface area contributed by atoms with E-state index in [1.54, 1.807) is 0 Å². The van der Waals surface area contributed by atoms with E-state index in [4.69, 9.17) is 0 Å². The fraction of sp³-hybridized carbons (Fsp3) is 0.333. The molecule has 0 amide bonds. The summed E-state index contributed by atoms with van der Waals surface area (Å²) in [7, 11) is 0. The van der Waals surface area contributed by atoms with Crippen molar-refractivity contribution in [2.45, 2.75) is 0 Å². The summed E-state index contributed by atoms with van der Waals surface area (Å²) in [6, 6.07) is 0. The molecule has 34 valence electrons. The summed E-state index contributed by atoms with van der Waals surface area (Å²) in [4.78, 5) is 0. The van der Waals surface area contributed by atoms with Crippen molar-refractivity contribution in [3.63, 3.8) is 0 Å². The van der Waals surface area contributed by atoms with Crippen molar-refractivity contribution in [3.8, 4) is 0 Å². The molecule has 0 bridgehead atoms. The smallest absolute Gasteiger partial charge is 0.0315 e. The quantitative estimate of drug-likeness (QED) is 0.357. The van der Waals surface area contributed by atoms with E-state index in [2.05, 4.69) is 16.4 Å². The molecule has 3 nitrogen and oxygen atoms in total. The Morgan fingerprint density at radius 2 is 2.50 bits per heavy atom. The van der Waals surface area contributed by atoms with Gasteiger partial charge in [0.05, 0.1) is 0 Å². The highest BCUT2D eigenvalue weighted by Crippen LogP contribution is 1.64. The van der Waals surface area contributed by atoms with Crippen LogP contribution in [0.2, 0.25) is 0 Å². The molecule has 6 heavy (non-hydrogen) atoms. The van der Waals surface area contributed by atoms with Gasteiger partial charge in [0.2, 0.25) is 0 Å². The van der Waals surface area contributed by atoms with Crippen molar-refractivity contribution in [1.82, 2.24) is 16.4 Å². The van der Waals surface area contributed by atoms with Crippen LogP contribution >= 0.6 is 0 Å². The molecule has 1 heterocycles. The van der Waals surface area contributed by atoms with Gasteiger partial charge in [-0.3, -0.25) is 0 Å². The average Bonchev–Trinajstić information content (AvgIpc) is 1.72. The number of hydrogen-bond donors (Lipinski definition) is 3. The van der Waals surface area contributed by atoms with Crippen molar-refractivity contribution >= 4 is 0 Å². The first kappa shape index (κ1) is 3.64. The molecule has 0 fully saturated rings. The largest absolute Gasteiger partial charge is 0.316 e. The SMILES string of the molecule is C1=CNNNC1. The van der Waals surface area contributed by atoms with Crippen molar-refractivity contribution in [3.05, 3.63) is 12.3 Å². The van der Waals surface area contributed by atoms with Gasteiger partial charge in [0.1, 0.15) is 0 Å². The van der Waals surface area contributed by atoms with Crippen molar-refractivity contribution in [2.75, 3.05) is 6.54 Å². The number of hydrogen-bond acceptors (Lipinski definition) is 3. The maximum atomic E-state index is 2.84. The minimum Gasteiger partial charge on any atom is -0.316 e. The first-order valence-electron chi connectivity index (χ1n) is 1.88. The number of nitrogens with one attached hydrogen (secondary N) is 3. The van der Waals surface area contributed by atoms with Crippen LogP contribution in [-0.2, 0) is 0 Å². The molecule has 3 N–H and O–H groups in total. The maximum Gasteiger partial charge on any atom is 0.0315 e. The monoisotopic (exact) mass is 85.1 g/mol. The van der Waals surface area contributed by atoms with Crippen LogP contribution in [0, 0.1) is 0 Å². The molecule has 0 aromatic rings. The van der Waals surface area contributed by atoms with E-state index in [9.17, 15) is 0 Å². The Morgan fingerprint density at radius 1 is 1.50 bits per heavy atom. The Labute approximate surface area is 36.4 Å². The van der Waals surface area contributed by atoms with E-state index in [1.165, 1.54) is 0 Å². The molecule has 0 aliphatic carbocycles. The molecule has 0 saturated carbocycles. The van der Waals surface area contributed by atoms with Gasteiger partial charge in [0, 0.05) is 12.7 Å². The second-order valence-corrected chi connectivity index (χ2v) is 1.05. The van der Waals surface area contributed by atoms with Crippen LogP contribution in [-0.4, -0.2) is 6.54 Å². The van der Waals surface area contributed by atoms with Crippen LogP contribution in [0.1, 0.15) is 0 Å². The van der Waals surface area contributed by atoms with Crippen LogP contribution < -0.4 is 16.4 Å². The molecule has 3 heteroatoms. The predicted octanol–water partition coefficient (Wildman–Crippen LogP) is -0.888. The van der Waals surface area contributed by atoms with Gasteiger partial charge in [-0.15, -0.1) is 0 Å². The molecule has 1 aliphatic rings. The van der Waals surface area contributed by atoms with Crippen LogP contribution in [0.25, 0.3) is 0 Å². The Bertz CT molecular complexity index is 51.1. The molecular formula is C3H7N3. The summed E-state index contributed by atoms with van der Waals surface area (Å²) in [5, 5.41) is 0. The van der Waals surface area contributed by atoms with Gasteiger partial charge in [-0.25, -0.2) is 5.43 Å². The van der Waals surface area contributed by atoms with E-state index < -0.39 is 0 Å². The normalized spacial score (nSPS) is 20.0. The zero-order valence-corrected chi connectivity index (χ0v) is 3.36. The van der Waals surface area contributed by atoms with Crippen LogP contribution in [0.4, 0.5) is 0 Å². The van der Waals surface area contributed by atoms with E-state index in [0.29, 0.717) is 0 Å². The summed E-state index contributed by atoms with van der Waals surface area (Å²) in [6.07, 6.45) is 3.83. The molecule has 0 unspecified atom stereocenters. The van der Waals surface area contributed by atoms with Crippen molar-refractivity contribution in [1.29, 1.82) is 0 Å². The molecule has 0 atom stereocenters. The van der Waals surface area contributed by atoms with Crippen molar-refractivity contribution < 1.29 is 0 Å². The molecule has 1 aliphatic heterocycles. The molecule has 0 aromatic heterocycles. The van der Waals surface area contributed by atoms with Crippen molar-refractivity contribution in [2.24, 2.45) is 0 Å². The third-order valence-corrected chi connectivity index (χ3v) is 0.582. The van der Waals surface area contributed by atoms with Gasteiger partial charge in [0.15, 0.2) is 0 Å². The third kappa shape index (κ3) is 0.702. The summed E-state index contributed by atoms with van der Waals surface area (Å²) in [5.74, 6) is 0. The lowest BCUT2D eigenvalue weighted by Gasteiger charge is -2.07. The van der Waals surface area contributed by atoms with E-state index in [-0.39, 0.29) is 0 Å². The Hall–Kier alpha value is -0.540. The summed E-state index contributed by atoms with van der Waals surface area (Å²) < 4.78 is 0. The molecule has 0 aromatic carbocycles. The highest BCUT2D eigenvalue weighted by molar-refractivity contribution is 4.82. The lowest BCUT2D eigenvalue weighted by molar-refractivity contribution is 0.495. The molecular weight excluding hydrogens is 78.1 g/mol. The minimum absolute atomic E-state index is 0.896. The summed E-state index contributed by atoms with van der Waals surface area (Å²) in [6.45, 7) is 0.896. The van der Waals surface area contributed by atoms with Crippen LogP contribution in [0.15, 0.2) is 12.3 Å². The second-order valence-electron chi connectivity index (χ2n) is 1.05. The van der Waals surface area contributed by atoms with Crippen LogP contribution in [0.5, 0.6) is 0 Å². The topological polar surface area (TPSA) is 36.1 Å². The Balaban J connectivity index is 2.26. The van der Waals surface area contributed by atoms with Gasteiger partial charge in [0.25, 0.3) is 0 Å². The standard InChI is InChI=1S/C3H7N3/c1-2-4-6-5-3-1/h1-2,4-6H,3H2. The van der Waals surface area contributed by atoms with Gasteiger partial charge < -0.3 is 5.43 Å². The fourth-order valence-corrected chi connectivity index (χ4v) is 0.321. The Kier molecular flexibility index (Phi) is 1.09. The highest BCUT2D eigenvalue weighted by Gasteiger charge is 1.79. The van der Waals surface area contributed by atoms with Gasteiger partial charge in [-0.1, -0.05) is 6.08 Å². The Morgan fingerprint density at radius 3 is 2.67 bits per heavy atom. The maximum absolute atomic E-state index is 2.84. The first-order valence-corrected chi connectivity index (χ1v) is 1.88. The summed E-state index contributed by atoms with van der Waals surface area (Å²) >= 11 is 0. The number of hydrazine groups is 2. The molecule has 0 radical (unpaired) electrons. The van der Waals surface area contributed by atoms with E-state index in [1.807, 2.05) is 12.3 Å². The van der Waals surface area contributed by atoms with Crippen LogP contribution in [0.3, 0.4) is 0 Å². The molecule has 1 rings (SSSR count). The summed E-state index contributed by atoms with van der Waals surface area (Å²) in [5.41, 5.74) is 8.28. The minimum atomic E-state index is 0.896. The first-order chi connectivity index (χ1) is 3.00. The zero-order chi connectivity index (χ0) is 4.24. The lowest BCUT2D eigenvalue weighted by Crippen LogP contribution is -2.43. The second kappa shape index (κ2) is 1.79. The number of rotatable bonds is 0. The molecule has 0 saturated heterocycles. The van der Waals surface area contributed by atoms with Gasteiger partial charge >= 0.3 is 0 Å². The van der Waals surface area contributed by atoms with E-state index in [0.717, 1.165) is 6.54 Å². The molecule has 0 spiro atoms. The highest BCUT2D eigenvalue weighted by atomic mass is 15.6. The lowest BCUT2D eigenvalue weighted by atomic mass is 10.6. The van der Waals surface area contributed by atoms with E-state index >= 15 is 0 Å². The third-order valence-electron chi connectivity index (χ3n) is 0.582. The fourth-order valence-electron chi connectivity index (χ4n) is 0.321.